The van der Waals surface area contributed by atoms with E-state index in [1.54, 1.807) is 0 Å². The molecule has 3 aromatic carbocycles. The molecule has 0 saturated heterocycles. The molecule has 0 aromatic heterocycles. The van der Waals surface area contributed by atoms with Gasteiger partial charge in [-0.3, -0.25) is 4.79 Å². The Morgan fingerprint density at radius 2 is 1.22 bits per heavy atom. The number of hydrogen-bond acceptors (Lipinski definition) is 1. The monoisotopic (exact) mass is 365 g/mol. The van der Waals surface area contributed by atoms with Crippen molar-refractivity contribution in [2.24, 2.45) is 5.41 Å². The van der Waals surface area contributed by atoms with Gasteiger partial charge in [-0.1, -0.05) is 73.7 Å². The molecule has 0 bridgehead atoms. The predicted molar refractivity (Wildman–Crippen MR) is 103 cm³/mol. The van der Waals surface area contributed by atoms with E-state index in [0.717, 1.165) is 23.3 Å². The third-order valence-corrected chi connectivity index (χ3v) is 4.62. The van der Waals surface area contributed by atoms with Gasteiger partial charge in [-0.05, 0) is 36.1 Å². The predicted octanol–water partition coefficient (Wildman–Crippen LogP) is 5.40. The molecule has 2 nitrogen and oxygen atoms in total. The van der Waals surface area contributed by atoms with Crippen LogP contribution in [0.15, 0.2) is 78.9 Å². The molecule has 0 aliphatic heterocycles. The highest BCUT2D eigenvalue weighted by Crippen LogP contribution is 2.30. The molecular formula is C23H21F2NO. The number of rotatable bonds is 6. The maximum absolute atomic E-state index is 14.0. The Balaban J connectivity index is 1.91. The molecule has 1 N–H and O–H groups in total. The number of para-hydroxylation sites is 1. The van der Waals surface area contributed by atoms with Crippen LogP contribution in [0.1, 0.15) is 18.1 Å². The molecule has 0 spiro atoms. The summed E-state index contributed by atoms with van der Waals surface area (Å²) < 4.78 is 28.0. The van der Waals surface area contributed by atoms with Crippen LogP contribution < -0.4 is 5.32 Å². The summed E-state index contributed by atoms with van der Waals surface area (Å²) in [6.45, 7) is 1.82. The summed E-state index contributed by atoms with van der Waals surface area (Å²) in [5, 5.41) is 2.47. The third-order valence-electron chi connectivity index (χ3n) is 4.62. The van der Waals surface area contributed by atoms with Crippen molar-refractivity contribution in [1.29, 1.82) is 0 Å². The summed E-state index contributed by atoms with van der Waals surface area (Å²) in [5.41, 5.74) is 0.687. The van der Waals surface area contributed by atoms with Crippen molar-refractivity contribution in [3.05, 3.63) is 102 Å². The molecule has 0 aliphatic carbocycles. The van der Waals surface area contributed by atoms with Gasteiger partial charge >= 0.3 is 0 Å². The van der Waals surface area contributed by atoms with Crippen molar-refractivity contribution in [2.75, 3.05) is 5.32 Å². The number of nitrogens with one attached hydrogen (secondary N) is 1. The van der Waals surface area contributed by atoms with Crippen molar-refractivity contribution < 1.29 is 13.6 Å². The quantitative estimate of drug-likeness (QED) is 0.623. The number of amides is 1. The van der Waals surface area contributed by atoms with Crippen LogP contribution in [0.25, 0.3) is 0 Å². The molecule has 0 atom stereocenters. The molecule has 138 valence electrons. The molecule has 1 amide bonds. The van der Waals surface area contributed by atoms with Crippen molar-refractivity contribution in [3.63, 3.8) is 0 Å². The minimum atomic E-state index is -0.878. The van der Waals surface area contributed by atoms with Crippen LogP contribution >= 0.6 is 0 Å². The zero-order valence-electron chi connectivity index (χ0n) is 15.1. The van der Waals surface area contributed by atoms with Crippen LogP contribution in [0.4, 0.5) is 14.5 Å². The van der Waals surface area contributed by atoms with E-state index in [9.17, 15) is 13.6 Å². The molecule has 0 radical (unpaired) electrons. The Bertz CT molecular complexity index is 848. The van der Waals surface area contributed by atoms with Gasteiger partial charge in [0.2, 0.25) is 5.91 Å². The zero-order valence-corrected chi connectivity index (χ0v) is 15.1. The lowest BCUT2D eigenvalue weighted by molar-refractivity contribution is -0.124. The molecule has 3 rings (SSSR count). The standard InChI is InChI=1S/C23H21F2NO/c1-23(15-17-9-4-2-5-10-17,16-18-11-6-3-7-12-18)22(27)26-21-19(24)13-8-14-20(21)25/h2-14H,15-16H2,1H3,(H,26,27). The van der Waals surface area contributed by atoms with E-state index in [1.807, 2.05) is 67.6 Å². The zero-order chi connectivity index (χ0) is 19.3. The van der Waals surface area contributed by atoms with Gasteiger partial charge in [-0.2, -0.15) is 0 Å². The van der Waals surface area contributed by atoms with Gasteiger partial charge in [0.1, 0.15) is 17.3 Å². The summed E-state index contributed by atoms with van der Waals surface area (Å²) in [6, 6.07) is 22.8. The highest BCUT2D eigenvalue weighted by atomic mass is 19.1. The first-order valence-electron chi connectivity index (χ1n) is 8.81. The molecule has 3 aromatic rings. The van der Waals surface area contributed by atoms with E-state index in [-0.39, 0.29) is 0 Å². The first kappa shape index (κ1) is 18.8. The van der Waals surface area contributed by atoms with Gasteiger partial charge in [0.15, 0.2) is 0 Å². The number of carbonyl (C=O) groups excluding carboxylic acids is 1. The van der Waals surface area contributed by atoms with Crippen molar-refractivity contribution >= 4 is 11.6 Å². The smallest absolute Gasteiger partial charge is 0.231 e. The summed E-state index contributed by atoms with van der Waals surface area (Å²) in [5.74, 6) is -1.99. The van der Waals surface area contributed by atoms with Crippen molar-refractivity contribution in [3.8, 4) is 0 Å². The lowest BCUT2D eigenvalue weighted by atomic mass is 9.77. The number of benzene rings is 3. The Hall–Kier alpha value is -3.01. The second kappa shape index (κ2) is 8.12. The molecule has 0 unspecified atom stereocenters. The lowest BCUT2D eigenvalue weighted by Crippen LogP contribution is -2.38. The normalized spacial score (nSPS) is 11.2. The molecular weight excluding hydrogens is 344 g/mol. The molecule has 27 heavy (non-hydrogen) atoms. The van der Waals surface area contributed by atoms with E-state index in [2.05, 4.69) is 5.32 Å². The average molecular weight is 365 g/mol. The van der Waals surface area contributed by atoms with Gasteiger partial charge in [-0.15, -0.1) is 0 Å². The first-order chi connectivity index (χ1) is 13.0. The van der Waals surface area contributed by atoms with Gasteiger partial charge in [0, 0.05) is 0 Å². The lowest BCUT2D eigenvalue weighted by Gasteiger charge is -2.29. The van der Waals surface area contributed by atoms with E-state index >= 15 is 0 Å². The number of hydrogen-bond donors (Lipinski definition) is 1. The average Bonchev–Trinajstić information content (AvgIpc) is 2.66. The van der Waals surface area contributed by atoms with Crippen LogP contribution in [-0.4, -0.2) is 5.91 Å². The fourth-order valence-electron chi connectivity index (χ4n) is 3.20. The molecule has 4 heteroatoms. The molecule has 0 saturated carbocycles. The number of carbonyl (C=O) groups is 1. The Labute approximate surface area is 157 Å². The van der Waals surface area contributed by atoms with E-state index in [4.69, 9.17) is 0 Å². The van der Waals surface area contributed by atoms with Gasteiger partial charge in [-0.25, -0.2) is 8.78 Å². The van der Waals surface area contributed by atoms with Gasteiger partial charge in [0.25, 0.3) is 0 Å². The minimum Gasteiger partial charge on any atom is -0.321 e. The Morgan fingerprint density at radius 1 is 0.778 bits per heavy atom. The van der Waals surface area contributed by atoms with E-state index in [0.29, 0.717) is 12.8 Å². The second-order valence-corrected chi connectivity index (χ2v) is 6.94. The summed E-state index contributed by atoms with van der Waals surface area (Å²) >= 11 is 0. The molecule has 0 heterocycles. The summed E-state index contributed by atoms with van der Waals surface area (Å²) in [4.78, 5) is 13.1. The first-order valence-corrected chi connectivity index (χ1v) is 8.81. The maximum atomic E-state index is 14.0. The maximum Gasteiger partial charge on any atom is 0.231 e. The third kappa shape index (κ3) is 4.59. The SMILES string of the molecule is CC(Cc1ccccc1)(Cc1ccccc1)C(=O)Nc1c(F)cccc1F. The Kier molecular flexibility index (Phi) is 5.65. The van der Waals surface area contributed by atoms with Crippen LogP contribution in [-0.2, 0) is 17.6 Å². The van der Waals surface area contributed by atoms with Crippen molar-refractivity contribution in [1.82, 2.24) is 0 Å². The fourth-order valence-corrected chi connectivity index (χ4v) is 3.20. The molecule has 0 fully saturated rings. The van der Waals surface area contributed by atoms with Gasteiger partial charge < -0.3 is 5.32 Å². The topological polar surface area (TPSA) is 29.1 Å². The van der Waals surface area contributed by atoms with Gasteiger partial charge in [0.05, 0.1) is 5.41 Å². The van der Waals surface area contributed by atoms with Crippen LogP contribution in [0.5, 0.6) is 0 Å². The highest BCUT2D eigenvalue weighted by molar-refractivity contribution is 5.95. The Morgan fingerprint density at radius 3 is 1.67 bits per heavy atom. The largest absolute Gasteiger partial charge is 0.321 e. The number of halogens is 2. The van der Waals surface area contributed by atoms with Crippen molar-refractivity contribution in [2.45, 2.75) is 19.8 Å². The summed E-state index contributed by atoms with van der Waals surface area (Å²) in [6.07, 6.45) is 0.898. The van der Waals surface area contributed by atoms with Crippen LogP contribution in [0, 0.1) is 17.0 Å². The molecule has 0 aliphatic rings. The second-order valence-electron chi connectivity index (χ2n) is 6.94. The van der Waals surface area contributed by atoms with Crippen LogP contribution in [0.3, 0.4) is 0 Å². The summed E-state index contributed by atoms with van der Waals surface area (Å²) in [7, 11) is 0. The number of anilines is 1. The van der Waals surface area contributed by atoms with Crippen LogP contribution in [0.2, 0.25) is 0 Å². The van der Waals surface area contributed by atoms with E-state index in [1.165, 1.54) is 6.07 Å². The highest BCUT2D eigenvalue weighted by Gasteiger charge is 2.34. The van der Waals surface area contributed by atoms with E-state index < -0.39 is 28.6 Å². The minimum absolute atomic E-state index is 0.408. The fraction of sp³-hybridized carbons (Fsp3) is 0.174.